The quantitative estimate of drug-likeness (QED) is 0.494. The van der Waals surface area contributed by atoms with Gasteiger partial charge in [-0.3, -0.25) is 4.90 Å². The highest BCUT2D eigenvalue weighted by molar-refractivity contribution is 6.30. The van der Waals surface area contributed by atoms with Gasteiger partial charge in [-0.05, 0) is 109 Å². The van der Waals surface area contributed by atoms with Gasteiger partial charge in [0.2, 0.25) is 0 Å². The fourth-order valence-corrected chi connectivity index (χ4v) is 7.65. The fourth-order valence-electron chi connectivity index (χ4n) is 7.52. The van der Waals surface area contributed by atoms with Crippen molar-refractivity contribution < 1.29 is 4.74 Å². The van der Waals surface area contributed by atoms with Crippen LogP contribution in [0.3, 0.4) is 0 Å². The molecule has 0 aromatic heterocycles. The lowest BCUT2D eigenvalue weighted by atomic mass is 9.55. The second-order valence-electron chi connectivity index (χ2n) is 10.3. The Morgan fingerprint density at radius 3 is 2.61 bits per heavy atom. The molecule has 0 spiro atoms. The maximum Gasteiger partial charge on any atom is 0.119 e. The van der Waals surface area contributed by atoms with Gasteiger partial charge in [-0.25, -0.2) is 0 Å². The smallest absolute Gasteiger partial charge is 0.119 e. The van der Waals surface area contributed by atoms with Gasteiger partial charge in [-0.1, -0.05) is 43.6 Å². The minimum absolute atomic E-state index is 0.438. The van der Waals surface area contributed by atoms with Crippen molar-refractivity contribution in [3.63, 3.8) is 0 Å². The van der Waals surface area contributed by atoms with Crippen molar-refractivity contribution in [3.8, 4) is 5.75 Å². The maximum absolute atomic E-state index is 6.12. The van der Waals surface area contributed by atoms with Crippen molar-refractivity contribution in [1.29, 1.82) is 0 Å². The summed E-state index contributed by atoms with van der Waals surface area (Å²) in [7, 11) is 1.78. The molecule has 0 aliphatic heterocycles. The van der Waals surface area contributed by atoms with Crippen LogP contribution in [0.4, 0.5) is 0 Å². The van der Waals surface area contributed by atoms with Crippen molar-refractivity contribution in [3.05, 3.63) is 64.2 Å². The summed E-state index contributed by atoms with van der Waals surface area (Å²) in [5.41, 5.74) is 4.98. The molecule has 5 atom stereocenters. The highest BCUT2D eigenvalue weighted by atomic mass is 35.5. The number of hydrogen-bond donors (Lipinski definition) is 0. The van der Waals surface area contributed by atoms with Crippen LogP contribution in [0.25, 0.3) is 0 Å². The molecule has 2 aromatic rings. The number of halogens is 1. The molecule has 2 aromatic carbocycles. The van der Waals surface area contributed by atoms with E-state index < -0.39 is 0 Å². The minimum Gasteiger partial charge on any atom is -0.497 e. The number of aryl methyl sites for hydroxylation is 1. The van der Waals surface area contributed by atoms with E-state index in [-0.39, 0.29) is 0 Å². The Morgan fingerprint density at radius 1 is 1.06 bits per heavy atom. The lowest BCUT2D eigenvalue weighted by molar-refractivity contribution is -0.00169. The average Bonchev–Trinajstić information content (AvgIpc) is 3.15. The van der Waals surface area contributed by atoms with Crippen molar-refractivity contribution in [2.75, 3.05) is 13.7 Å². The normalized spacial score (nSPS) is 31.8. The van der Waals surface area contributed by atoms with Crippen LogP contribution in [-0.4, -0.2) is 24.6 Å². The molecule has 2 nitrogen and oxygen atoms in total. The van der Waals surface area contributed by atoms with Crippen molar-refractivity contribution in [2.45, 2.75) is 70.9 Å². The Hall–Kier alpha value is -1.51. The third-order valence-corrected chi connectivity index (χ3v) is 9.28. The molecular weight excluding hydrogens is 402 g/mol. The Balaban J connectivity index is 1.37. The van der Waals surface area contributed by atoms with Crippen LogP contribution in [0, 0.1) is 17.3 Å². The third kappa shape index (κ3) is 3.70. The summed E-state index contributed by atoms with van der Waals surface area (Å²) in [4.78, 5) is 2.76. The first-order valence-corrected chi connectivity index (χ1v) is 12.6. The summed E-state index contributed by atoms with van der Waals surface area (Å²) in [6.45, 7) is 7.12. The van der Waals surface area contributed by atoms with E-state index in [2.05, 4.69) is 49.1 Å². The molecule has 2 fully saturated rings. The van der Waals surface area contributed by atoms with E-state index in [1.165, 1.54) is 49.7 Å². The molecule has 0 heterocycles. The fraction of sp³-hybridized carbons (Fsp3) is 0.571. The second-order valence-corrected chi connectivity index (χ2v) is 10.7. The predicted molar refractivity (Wildman–Crippen MR) is 129 cm³/mol. The SMILES string of the molecule is CCN(Cc1ccc(Cl)cc1)[C@H]1CC[C@H]2[C@@H]3CCc4cc(OC)ccc4[C@H]3CC[C@]12C. The standard InChI is InChI=1S/C28H36ClNO/c1-4-30(18-19-5-8-21(29)9-6-19)27-14-13-26-25-11-7-20-17-22(31-3)10-12-23(20)24(25)15-16-28(26,27)2/h5-6,8-10,12,17,24-27H,4,7,11,13-16,18H2,1-3H3/t24-,25-,26+,27+,28+/m1/s1. The summed E-state index contributed by atoms with van der Waals surface area (Å²) >= 11 is 6.12. The van der Waals surface area contributed by atoms with Gasteiger partial charge in [0.15, 0.2) is 0 Å². The first kappa shape index (κ1) is 21.3. The number of fused-ring (bicyclic) bond motifs is 5. The zero-order valence-corrected chi connectivity index (χ0v) is 20.0. The summed E-state index contributed by atoms with van der Waals surface area (Å²) in [6, 6.07) is 16.0. The molecule has 2 saturated carbocycles. The molecule has 5 rings (SSSR count). The first-order valence-electron chi connectivity index (χ1n) is 12.2. The minimum atomic E-state index is 0.438. The predicted octanol–water partition coefficient (Wildman–Crippen LogP) is 7.10. The van der Waals surface area contributed by atoms with Crippen LogP contribution in [0.1, 0.15) is 68.6 Å². The number of benzene rings is 2. The Morgan fingerprint density at radius 2 is 1.87 bits per heavy atom. The van der Waals surface area contributed by atoms with Crippen LogP contribution in [0.2, 0.25) is 5.02 Å². The van der Waals surface area contributed by atoms with Gasteiger partial charge in [-0.2, -0.15) is 0 Å². The van der Waals surface area contributed by atoms with Gasteiger partial charge < -0.3 is 4.74 Å². The lowest BCUT2D eigenvalue weighted by Crippen LogP contribution is -2.50. The number of nitrogens with zero attached hydrogens (tertiary/aromatic N) is 1. The number of methoxy groups -OCH3 is 1. The summed E-state index contributed by atoms with van der Waals surface area (Å²) < 4.78 is 5.50. The molecule has 0 unspecified atom stereocenters. The number of hydrogen-bond acceptors (Lipinski definition) is 2. The van der Waals surface area contributed by atoms with Crippen LogP contribution < -0.4 is 4.74 Å². The summed E-state index contributed by atoms with van der Waals surface area (Å²) in [5.74, 6) is 3.46. The van der Waals surface area contributed by atoms with Crippen molar-refractivity contribution in [2.24, 2.45) is 17.3 Å². The van der Waals surface area contributed by atoms with E-state index >= 15 is 0 Å². The third-order valence-electron chi connectivity index (χ3n) is 9.03. The molecule has 3 aliphatic rings. The van der Waals surface area contributed by atoms with Gasteiger partial charge in [-0.15, -0.1) is 0 Å². The largest absolute Gasteiger partial charge is 0.497 e. The molecule has 0 amide bonds. The highest BCUT2D eigenvalue weighted by Gasteiger charge is 2.55. The highest BCUT2D eigenvalue weighted by Crippen LogP contribution is 2.62. The second kappa shape index (κ2) is 8.45. The molecule has 0 bridgehead atoms. The van der Waals surface area contributed by atoms with Crippen LogP contribution in [0.15, 0.2) is 42.5 Å². The van der Waals surface area contributed by atoms with Crippen LogP contribution in [-0.2, 0) is 13.0 Å². The Bertz CT molecular complexity index is 925. The Labute approximate surface area is 192 Å². The summed E-state index contributed by atoms with van der Waals surface area (Å²) in [5, 5.41) is 0.827. The van der Waals surface area contributed by atoms with E-state index in [1.54, 1.807) is 12.7 Å². The molecule has 0 N–H and O–H groups in total. The van der Waals surface area contributed by atoms with Gasteiger partial charge >= 0.3 is 0 Å². The van der Waals surface area contributed by atoms with Crippen molar-refractivity contribution in [1.82, 2.24) is 4.90 Å². The van der Waals surface area contributed by atoms with Gasteiger partial charge in [0.1, 0.15) is 5.75 Å². The van der Waals surface area contributed by atoms with Gasteiger partial charge in [0, 0.05) is 17.6 Å². The zero-order chi connectivity index (χ0) is 21.6. The molecule has 0 radical (unpaired) electrons. The van der Waals surface area contributed by atoms with Crippen molar-refractivity contribution >= 4 is 11.6 Å². The first-order chi connectivity index (χ1) is 15.0. The summed E-state index contributed by atoms with van der Waals surface area (Å²) in [6.07, 6.45) is 8.00. The van der Waals surface area contributed by atoms with E-state index in [9.17, 15) is 0 Å². The molecular formula is C28H36ClNO. The van der Waals surface area contributed by atoms with Gasteiger partial charge in [0.05, 0.1) is 7.11 Å². The van der Waals surface area contributed by atoms with Crippen LogP contribution >= 0.6 is 11.6 Å². The lowest BCUT2D eigenvalue weighted by Gasteiger charge is -2.52. The zero-order valence-electron chi connectivity index (χ0n) is 19.2. The van der Waals surface area contributed by atoms with Crippen LogP contribution in [0.5, 0.6) is 5.75 Å². The molecule has 166 valence electrons. The Kier molecular flexibility index (Phi) is 5.81. The molecule has 31 heavy (non-hydrogen) atoms. The van der Waals surface area contributed by atoms with E-state index in [0.717, 1.165) is 41.6 Å². The average molecular weight is 438 g/mol. The van der Waals surface area contributed by atoms with Gasteiger partial charge in [0.25, 0.3) is 0 Å². The molecule has 3 heteroatoms. The molecule has 0 saturated heterocycles. The maximum atomic E-state index is 6.12. The topological polar surface area (TPSA) is 12.5 Å². The number of rotatable bonds is 5. The van der Waals surface area contributed by atoms with E-state index in [1.807, 2.05) is 12.1 Å². The number of ether oxygens (including phenoxy) is 1. The van der Waals surface area contributed by atoms with E-state index in [4.69, 9.17) is 16.3 Å². The van der Waals surface area contributed by atoms with E-state index in [0.29, 0.717) is 11.5 Å². The molecule has 3 aliphatic carbocycles. The monoisotopic (exact) mass is 437 g/mol.